The highest BCUT2D eigenvalue weighted by Crippen LogP contribution is 2.46. The van der Waals surface area contributed by atoms with Crippen LogP contribution in [0.5, 0.6) is 0 Å². The molecule has 3 nitrogen and oxygen atoms in total. The number of ketones is 1. The molecular weight excluding hydrogens is 444 g/mol. The molecule has 1 aliphatic rings. The Bertz CT molecular complexity index is 733. The summed E-state index contributed by atoms with van der Waals surface area (Å²) in [6.45, 7) is 13.6. The number of allylic oxidation sites excluding steroid dienone is 2. The lowest BCUT2D eigenvalue weighted by molar-refractivity contribution is -0.133. The number of halogens is 1. The van der Waals surface area contributed by atoms with Gasteiger partial charge in [0.2, 0.25) is 8.32 Å². The zero-order chi connectivity index (χ0) is 21.8. The van der Waals surface area contributed by atoms with Gasteiger partial charge in [-0.3, -0.25) is 4.79 Å². The molecule has 2 atom stereocenters. The summed E-state index contributed by atoms with van der Waals surface area (Å²) in [6.07, 6.45) is 6.65. The van der Waals surface area contributed by atoms with E-state index in [9.17, 15) is 4.79 Å². The number of hydrogen-bond donors (Lipinski definition) is 0. The summed E-state index contributed by atoms with van der Waals surface area (Å²) in [5.41, 5.74) is 3.06. The Labute approximate surface area is 185 Å². The predicted octanol–water partition coefficient (Wildman–Crippen LogP) is 7.05. The number of alkyl halides is 1. The molecule has 29 heavy (non-hydrogen) atoms. The SMILES string of the molecule is COC1(O[Si](C(C)C)(C(C)C)C(C)C)C=CC(C(Br)C(=O)c2ccccc2)=CC1. The molecule has 5 heteroatoms. The monoisotopic (exact) mass is 478 g/mol. The molecule has 160 valence electrons. The van der Waals surface area contributed by atoms with Crippen LogP contribution in [-0.4, -0.2) is 31.8 Å². The zero-order valence-electron chi connectivity index (χ0n) is 18.7. The van der Waals surface area contributed by atoms with Crippen molar-refractivity contribution >= 4 is 30.0 Å². The van der Waals surface area contributed by atoms with Gasteiger partial charge in [-0.15, -0.1) is 0 Å². The van der Waals surface area contributed by atoms with Crippen LogP contribution in [-0.2, 0) is 9.16 Å². The van der Waals surface area contributed by atoms with Crippen molar-refractivity contribution in [1.82, 2.24) is 0 Å². The predicted molar refractivity (Wildman–Crippen MR) is 127 cm³/mol. The van der Waals surface area contributed by atoms with Gasteiger partial charge in [-0.1, -0.05) is 100.0 Å². The Kier molecular flexibility index (Phi) is 8.25. The summed E-state index contributed by atoms with van der Waals surface area (Å²) in [4.78, 5) is 12.4. The molecule has 0 heterocycles. The summed E-state index contributed by atoms with van der Waals surface area (Å²) in [6, 6.07) is 9.38. The van der Waals surface area contributed by atoms with E-state index in [4.69, 9.17) is 9.16 Å². The Morgan fingerprint density at radius 1 is 1.03 bits per heavy atom. The van der Waals surface area contributed by atoms with Crippen LogP contribution in [0.25, 0.3) is 0 Å². The maximum absolute atomic E-state index is 12.8. The quantitative estimate of drug-likeness (QED) is 0.165. The van der Waals surface area contributed by atoms with Crippen LogP contribution in [0, 0.1) is 0 Å². The average molecular weight is 480 g/mol. The van der Waals surface area contributed by atoms with E-state index in [-0.39, 0.29) is 10.6 Å². The van der Waals surface area contributed by atoms with Crippen molar-refractivity contribution in [1.29, 1.82) is 0 Å². The van der Waals surface area contributed by atoms with Crippen molar-refractivity contribution in [3.8, 4) is 0 Å². The molecule has 1 aromatic carbocycles. The van der Waals surface area contributed by atoms with Crippen LogP contribution < -0.4 is 0 Å². The van der Waals surface area contributed by atoms with Crippen molar-refractivity contribution in [3.63, 3.8) is 0 Å². The molecule has 1 aromatic rings. The second-order valence-electron chi connectivity index (χ2n) is 8.77. The van der Waals surface area contributed by atoms with E-state index >= 15 is 0 Å². The minimum Gasteiger partial charge on any atom is -0.386 e. The van der Waals surface area contributed by atoms with Gasteiger partial charge in [0.1, 0.15) is 4.83 Å². The topological polar surface area (TPSA) is 35.5 Å². The lowest BCUT2D eigenvalue weighted by Gasteiger charge is -2.48. The van der Waals surface area contributed by atoms with Gasteiger partial charge in [-0.25, -0.2) is 0 Å². The number of benzene rings is 1. The molecule has 0 radical (unpaired) electrons. The molecule has 2 rings (SSSR count). The van der Waals surface area contributed by atoms with Gasteiger partial charge >= 0.3 is 0 Å². The van der Waals surface area contributed by atoms with E-state index in [1.165, 1.54) is 0 Å². The van der Waals surface area contributed by atoms with Gasteiger partial charge in [0.05, 0.1) is 0 Å². The smallest absolute Gasteiger partial charge is 0.204 e. The highest BCUT2D eigenvalue weighted by Gasteiger charge is 2.50. The molecule has 0 saturated carbocycles. The van der Waals surface area contributed by atoms with E-state index in [0.717, 1.165) is 5.57 Å². The Morgan fingerprint density at radius 2 is 1.59 bits per heavy atom. The molecule has 1 aliphatic carbocycles. The van der Waals surface area contributed by atoms with Crippen LogP contribution in [0.3, 0.4) is 0 Å². The molecule has 0 aromatic heterocycles. The first kappa shape index (κ1) is 24.3. The Morgan fingerprint density at radius 3 is 2.00 bits per heavy atom. The fraction of sp³-hybridized carbons (Fsp3) is 0.542. The normalized spacial score (nSPS) is 21.0. The molecule has 2 unspecified atom stereocenters. The summed E-state index contributed by atoms with van der Waals surface area (Å²) in [5.74, 6) is -0.709. The van der Waals surface area contributed by atoms with Crippen LogP contribution in [0.4, 0.5) is 0 Å². The van der Waals surface area contributed by atoms with E-state index in [1.807, 2.05) is 42.5 Å². The van der Waals surface area contributed by atoms with Crippen LogP contribution in [0.2, 0.25) is 16.6 Å². The fourth-order valence-corrected chi connectivity index (χ4v) is 10.8. The number of Topliss-reactive ketones (excluding diaryl/α,β-unsaturated/α-hetero) is 1. The molecular formula is C24H35BrO3Si. The Hall–Kier alpha value is -1.01. The first-order chi connectivity index (χ1) is 13.6. The van der Waals surface area contributed by atoms with Crippen molar-refractivity contribution in [2.45, 2.75) is 75.2 Å². The fourth-order valence-electron chi connectivity index (χ4n) is 4.63. The van der Waals surface area contributed by atoms with E-state index < -0.39 is 14.1 Å². The highest BCUT2D eigenvalue weighted by molar-refractivity contribution is 9.10. The van der Waals surface area contributed by atoms with Crippen molar-refractivity contribution in [2.24, 2.45) is 0 Å². The van der Waals surface area contributed by atoms with Gasteiger partial charge in [0.25, 0.3) is 0 Å². The molecule has 0 amide bonds. The zero-order valence-corrected chi connectivity index (χ0v) is 21.3. The molecule has 0 saturated heterocycles. The van der Waals surface area contributed by atoms with Crippen molar-refractivity contribution in [2.75, 3.05) is 7.11 Å². The Balaban J connectivity index is 2.25. The standard InChI is InChI=1S/C24H35BrO3Si/c1-17(2)29(18(3)4,19(5)6)28-24(27-7)15-13-20(14-16-24)22(25)23(26)21-11-9-8-10-12-21/h8-15,17-19,22H,16H2,1-7H3. The first-order valence-corrected chi connectivity index (χ1v) is 13.5. The second-order valence-corrected chi connectivity index (χ2v) is 15.1. The maximum Gasteiger partial charge on any atom is 0.204 e. The lowest BCUT2D eigenvalue weighted by atomic mass is 9.96. The van der Waals surface area contributed by atoms with Crippen molar-refractivity contribution < 1.29 is 14.0 Å². The number of hydrogen-bond acceptors (Lipinski definition) is 3. The minimum absolute atomic E-state index is 0.0580. The second kappa shape index (κ2) is 9.86. The third kappa shape index (κ3) is 5.01. The van der Waals surface area contributed by atoms with Crippen LogP contribution in [0.1, 0.15) is 58.3 Å². The van der Waals surface area contributed by atoms with Gasteiger partial charge < -0.3 is 9.16 Å². The average Bonchev–Trinajstić information content (AvgIpc) is 2.71. The van der Waals surface area contributed by atoms with Crippen LogP contribution >= 0.6 is 15.9 Å². The highest BCUT2D eigenvalue weighted by atomic mass is 79.9. The molecule has 0 N–H and O–H groups in total. The maximum atomic E-state index is 12.8. The van der Waals surface area contributed by atoms with Gasteiger partial charge in [0, 0.05) is 19.1 Å². The number of carbonyl (C=O) groups excluding carboxylic acids is 1. The third-order valence-electron chi connectivity index (χ3n) is 6.14. The van der Waals surface area contributed by atoms with E-state index in [0.29, 0.717) is 28.6 Å². The first-order valence-electron chi connectivity index (χ1n) is 10.5. The van der Waals surface area contributed by atoms with Gasteiger partial charge in [-0.2, -0.15) is 0 Å². The van der Waals surface area contributed by atoms with E-state index in [2.05, 4.69) is 63.5 Å². The number of carbonyl (C=O) groups is 1. The largest absolute Gasteiger partial charge is 0.386 e. The van der Waals surface area contributed by atoms with Gasteiger partial charge in [-0.05, 0) is 28.3 Å². The van der Waals surface area contributed by atoms with Crippen LogP contribution in [0.15, 0.2) is 54.1 Å². The minimum atomic E-state index is -2.12. The summed E-state index contributed by atoms with van der Waals surface area (Å²) in [5, 5.41) is 0. The van der Waals surface area contributed by atoms with Crippen molar-refractivity contribution in [3.05, 3.63) is 59.7 Å². The summed E-state index contributed by atoms with van der Waals surface area (Å²) in [7, 11) is -0.404. The number of rotatable bonds is 9. The third-order valence-corrected chi connectivity index (χ3v) is 13.2. The summed E-state index contributed by atoms with van der Waals surface area (Å²) >= 11 is 3.59. The summed E-state index contributed by atoms with van der Waals surface area (Å²) < 4.78 is 12.9. The van der Waals surface area contributed by atoms with E-state index in [1.54, 1.807) is 7.11 Å². The van der Waals surface area contributed by atoms with Gasteiger partial charge in [0.15, 0.2) is 11.6 Å². The molecule has 0 aliphatic heterocycles. The number of ether oxygens (including phenoxy) is 1. The molecule has 0 fully saturated rings. The molecule has 0 bridgehead atoms. The number of methoxy groups -OCH3 is 1. The lowest BCUT2D eigenvalue weighted by Crippen LogP contribution is -2.55. The molecule has 0 spiro atoms.